The molecule has 1 atom stereocenters. The Hall–Kier alpha value is -3.73. The van der Waals surface area contributed by atoms with Crippen LogP contribution in [-0.4, -0.2) is 35.3 Å². The number of aromatic nitrogens is 1. The van der Waals surface area contributed by atoms with Crippen molar-refractivity contribution >= 4 is 29.1 Å². The molecule has 1 heterocycles. The summed E-state index contributed by atoms with van der Waals surface area (Å²) in [6, 6.07) is 11.1. The van der Waals surface area contributed by atoms with Gasteiger partial charge in [-0.05, 0) is 48.7 Å². The third-order valence-electron chi connectivity index (χ3n) is 4.28. The van der Waals surface area contributed by atoms with Crippen LogP contribution in [-0.2, 0) is 9.59 Å². The largest absolute Gasteiger partial charge is 0.341 e. The predicted molar refractivity (Wildman–Crippen MR) is 113 cm³/mol. The van der Waals surface area contributed by atoms with Crippen LogP contribution in [0.1, 0.15) is 37.6 Å². The first kappa shape index (κ1) is 22.6. The van der Waals surface area contributed by atoms with Crippen molar-refractivity contribution in [2.24, 2.45) is 5.92 Å². The number of hydrogen-bond acceptors (Lipinski definition) is 5. The molecule has 0 radical (unpaired) electrons. The number of nitrogens with zero attached hydrogens (tertiary/aromatic N) is 3. The smallest absolute Gasteiger partial charge is 0.251 e. The zero-order valence-corrected chi connectivity index (χ0v) is 17.3. The lowest BCUT2D eigenvalue weighted by Gasteiger charge is -2.22. The van der Waals surface area contributed by atoms with Gasteiger partial charge in [-0.3, -0.25) is 24.3 Å². The van der Waals surface area contributed by atoms with Gasteiger partial charge in [0.15, 0.2) is 0 Å². The first-order valence-corrected chi connectivity index (χ1v) is 9.59. The van der Waals surface area contributed by atoms with Crippen LogP contribution in [0.4, 0.5) is 11.4 Å². The van der Waals surface area contributed by atoms with E-state index < -0.39 is 17.9 Å². The highest BCUT2D eigenvalue weighted by Crippen LogP contribution is 2.25. The van der Waals surface area contributed by atoms with Gasteiger partial charge in [-0.2, -0.15) is 5.26 Å². The molecular weight excluding hydrogens is 382 g/mol. The average molecular weight is 407 g/mol. The van der Waals surface area contributed by atoms with Crippen molar-refractivity contribution in [2.45, 2.75) is 33.2 Å². The molecule has 0 spiro atoms. The monoisotopic (exact) mass is 407 g/mol. The molecule has 0 saturated carbocycles. The van der Waals surface area contributed by atoms with E-state index in [1.807, 2.05) is 19.9 Å². The van der Waals surface area contributed by atoms with Crippen molar-refractivity contribution in [3.63, 3.8) is 0 Å². The fourth-order valence-electron chi connectivity index (χ4n) is 2.95. The van der Waals surface area contributed by atoms with E-state index in [1.54, 1.807) is 48.8 Å². The first-order valence-electron chi connectivity index (χ1n) is 9.59. The number of anilines is 2. The van der Waals surface area contributed by atoms with Crippen LogP contribution in [0.3, 0.4) is 0 Å². The summed E-state index contributed by atoms with van der Waals surface area (Å²) in [5, 5.41) is 13.9. The Kier molecular flexibility index (Phi) is 8.06. The maximum Gasteiger partial charge on any atom is 0.251 e. The minimum atomic E-state index is -0.741. The SMILES string of the molecule is CC(=O)N(c1ccc(C(=O)NC(CC(C)C)C(=O)NCC#N)cc1)c1cccnc1. The zero-order chi connectivity index (χ0) is 22.1. The molecule has 1 unspecified atom stereocenters. The molecule has 0 aliphatic rings. The molecule has 1 aromatic carbocycles. The maximum atomic E-state index is 12.7. The minimum Gasteiger partial charge on any atom is -0.341 e. The highest BCUT2D eigenvalue weighted by molar-refractivity contribution is 6.01. The second kappa shape index (κ2) is 10.7. The van der Waals surface area contributed by atoms with Gasteiger partial charge in [-0.25, -0.2) is 0 Å². The summed E-state index contributed by atoms with van der Waals surface area (Å²) in [5.41, 5.74) is 1.57. The first-order chi connectivity index (χ1) is 14.3. The lowest BCUT2D eigenvalue weighted by Crippen LogP contribution is -2.47. The lowest BCUT2D eigenvalue weighted by atomic mass is 10.0. The second-order valence-electron chi connectivity index (χ2n) is 7.14. The van der Waals surface area contributed by atoms with E-state index in [-0.39, 0.29) is 18.4 Å². The molecule has 30 heavy (non-hydrogen) atoms. The van der Waals surface area contributed by atoms with Crippen molar-refractivity contribution in [1.29, 1.82) is 5.26 Å². The number of nitriles is 1. The van der Waals surface area contributed by atoms with E-state index in [4.69, 9.17) is 5.26 Å². The average Bonchev–Trinajstić information content (AvgIpc) is 2.72. The van der Waals surface area contributed by atoms with Gasteiger partial charge < -0.3 is 10.6 Å². The Bertz CT molecular complexity index is 920. The summed E-state index contributed by atoms with van der Waals surface area (Å²) in [7, 11) is 0. The second-order valence-corrected chi connectivity index (χ2v) is 7.14. The Morgan fingerprint density at radius 2 is 1.83 bits per heavy atom. The number of rotatable bonds is 8. The molecule has 156 valence electrons. The molecule has 0 aliphatic carbocycles. The molecule has 0 saturated heterocycles. The Labute approximate surface area is 175 Å². The van der Waals surface area contributed by atoms with Gasteiger partial charge in [0.1, 0.15) is 12.6 Å². The molecule has 2 N–H and O–H groups in total. The highest BCUT2D eigenvalue weighted by Gasteiger charge is 2.22. The van der Waals surface area contributed by atoms with Crippen LogP contribution in [0.5, 0.6) is 0 Å². The molecule has 1 aromatic heterocycles. The van der Waals surface area contributed by atoms with E-state index in [2.05, 4.69) is 15.6 Å². The van der Waals surface area contributed by atoms with Gasteiger partial charge in [-0.15, -0.1) is 0 Å². The highest BCUT2D eigenvalue weighted by atomic mass is 16.2. The number of amides is 3. The maximum absolute atomic E-state index is 12.7. The lowest BCUT2D eigenvalue weighted by molar-refractivity contribution is -0.123. The topological polar surface area (TPSA) is 115 Å². The van der Waals surface area contributed by atoms with Crippen molar-refractivity contribution in [3.8, 4) is 6.07 Å². The van der Waals surface area contributed by atoms with Crippen molar-refractivity contribution in [1.82, 2.24) is 15.6 Å². The summed E-state index contributed by atoms with van der Waals surface area (Å²) in [6.45, 7) is 5.22. The standard InChI is InChI=1S/C22H25N5O3/c1-15(2)13-20(22(30)25-12-10-23)26-21(29)17-6-8-18(9-7-17)27(16(3)28)19-5-4-11-24-14-19/h4-9,11,14-15,20H,12-13H2,1-3H3,(H,25,30)(H,26,29). The number of hydrogen-bond donors (Lipinski definition) is 2. The van der Waals surface area contributed by atoms with Gasteiger partial charge in [0.05, 0.1) is 18.0 Å². The van der Waals surface area contributed by atoms with Crippen molar-refractivity contribution in [3.05, 3.63) is 54.4 Å². The molecule has 2 rings (SSSR count). The predicted octanol–water partition coefficient (Wildman–Crippen LogP) is 2.55. The molecule has 2 aromatic rings. The zero-order valence-electron chi connectivity index (χ0n) is 17.3. The molecule has 3 amide bonds. The Balaban J connectivity index is 2.17. The van der Waals surface area contributed by atoms with Gasteiger partial charge in [-0.1, -0.05) is 13.8 Å². The van der Waals surface area contributed by atoms with E-state index in [0.29, 0.717) is 23.4 Å². The van der Waals surface area contributed by atoms with Crippen LogP contribution in [0.15, 0.2) is 48.8 Å². The third kappa shape index (κ3) is 6.14. The van der Waals surface area contributed by atoms with Crippen LogP contribution >= 0.6 is 0 Å². The summed E-state index contributed by atoms with van der Waals surface area (Å²) < 4.78 is 0. The normalized spacial score (nSPS) is 11.3. The van der Waals surface area contributed by atoms with E-state index in [0.717, 1.165) is 0 Å². The molecule has 0 bridgehead atoms. The van der Waals surface area contributed by atoms with Crippen LogP contribution < -0.4 is 15.5 Å². The minimum absolute atomic E-state index is 0.118. The Morgan fingerprint density at radius 1 is 1.13 bits per heavy atom. The number of benzene rings is 1. The van der Waals surface area contributed by atoms with Gasteiger partial charge in [0.2, 0.25) is 11.8 Å². The summed E-state index contributed by atoms with van der Waals surface area (Å²) >= 11 is 0. The number of carbonyl (C=O) groups excluding carboxylic acids is 3. The molecular formula is C22H25N5O3. The summed E-state index contributed by atoms with van der Waals surface area (Å²) in [4.78, 5) is 42.6. The number of nitrogens with one attached hydrogen (secondary N) is 2. The van der Waals surface area contributed by atoms with Crippen molar-refractivity contribution in [2.75, 3.05) is 11.4 Å². The molecule has 0 aliphatic heterocycles. The van der Waals surface area contributed by atoms with Crippen LogP contribution in [0.25, 0.3) is 0 Å². The van der Waals surface area contributed by atoms with Crippen LogP contribution in [0, 0.1) is 17.2 Å². The summed E-state index contributed by atoms with van der Waals surface area (Å²) in [6.07, 6.45) is 3.65. The summed E-state index contributed by atoms with van der Waals surface area (Å²) in [5.74, 6) is -0.815. The van der Waals surface area contributed by atoms with E-state index in [9.17, 15) is 14.4 Å². The van der Waals surface area contributed by atoms with Gasteiger partial charge >= 0.3 is 0 Å². The number of pyridine rings is 1. The number of carbonyl (C=O) groups is 3. The van der Waals surface area contributed by atoms with Gasteiger partial charge in [0, 0.05) is 24.4 Å². The quantitative estimate of drug-likeness (QED) is 0.653. The van der Waals surface area contributed by atoms with Crippen LogP contribution in [0.2, 0.25) is 0 Å². The molecule has 0 fully saturated rings. The van der Waals surface area contributed by atoms with E-state index >= 15 is 0 Å². The molecule has 8 heteroatoms. The fourth-order valence-corrected chi connectivity index (χ4v) is 2.95. The van der Waals surface area contributed by atoms with Gasteiger partial charge in [0.25, 0.3) is 5.91 Å². The van der Waals surface area contributed by atoms with Crippen molar-refractivity contribution < 1.29 is 14.4 Å². The third-order valence-corrected chi connectivity index (χ3v) is 4.28. The fraction of sp³-hybridized carbons (Fsp3) is 0.318. The van der Waals surface area contributed by atoms with E-state index in [1.165, 1.54) is 11.8 Å². The Morgan fingerprint density at radius 3 is 2.37 bits per heavy atom. The molecule has 8 nitrogen and oxygen atoms in total.